The third kappa shape index (κ3) is 4.01. The fraction of sp³-hybridized carbons (Fsp3) is 0.435. The molecule has 148 valence electrons. The molecule has 3 aromatic rings. The van der Waals surface area contributed by atoms with Crippen LogP contribution < -0.4 is 5.32 Å². The fourth-order valence-electron chi connectivity index (χ4n) is 4.40. The number of nitrogens with zero attached hydrogens (tertiary/aromatic N) is 1. The van der Waals surface area contributed by atoms with E-state index in [1.165, 1.54) is 22.2 Å². The molecule has 0 saturated carbocycles. The zero-order valence-corrected chi connectivity index (χ0v) is 17.3. The molecule has 2 aromatic heterocycles. The zero-order valence-electron chi connectivity index (χ0n) is 16.5. The summed E-state index contributed by atoms with van der Waals surface area (Å²) < 4.78 is 0. The van der Waals surface area contributed by atoms with Crippen LogP contribution in [0.5, 0.6) is 0 Å². The predicted molar refractivity (Wildman–Crippen MR) is 117 cm³/mol. The molecule has 2 unspecified atom stereocenters. The van der Waals surface area contributed by atoms with Gasteiger partial charge in [0, 0.05) is 34.4 Å². The Balaban J connectivity index is 1.53. The number of thiophene rings is 1. The Morgan fingerprint density at radius 3 is 3.00 bits per heavy atom. The molecular formula is C23H29N3OS. The molecular weight excluding hydrogens is 366 g/mol. The van der Waals surface area contributed by atoms with Gasteiger partial charge in [-0.3, -0.25) is 9.69 Å². The average molecular weight is 396 g/mol. The molecule has 0 bridgehead atoms. The van der Waals surface area contributed by atoms with Crippen molar-refractivity contribution in [3.63, 3.8) is 0 Å². The number of H-pyrrole nitrogens is 1. The molecule has 0 spiro atoms. The van der Waals surface area contributed by atoms with Crippen LogP contribution in [0, 0.1) is 0 Å². The fourth-order valence-corrected chi connectivity index (χ4v) is 5.24. The van der Waals surface area contributed by atoms with Crippen LogP contribution in [-0.2, 0) is 4.79 Å². The van der Waals surface area contributed by atoms with Crippen LogP contribution in [0.15, 0.2) is 48.0 Å². The number of aromatic amines is 1. The van der Waals surface area contributed by atoms with Crippen molar-refractivity contribution < 1.29 is 4.79 Å². The normalized spacial score (nSPS) is 19.0. The van der Waals surface area contributed by atoms with E-state index < -0.39 is 0 Å². The summed E-state index contributed by atoms with van der Waals surface area (Å²) in [4.78, 5) is 20.1. The number of benzene rings is 1. The second kappa shape index (κ2) is 8.93. The van der Waals surface area contributed by atoms with Crippen molar-refractivity contribution in [1.82, 2.24) is 15.2 Å². The van der Waals surface area contributed by atoms with Crippen LogP contribution in [0.1, 0.15) is 49.0 Å². The minimum atomic E-state index is 0.0284. The summed E-state index contributed by atoms with van der Waals surface area (Å²) in [6, 6.07) is 12.7. The number of carbonyl (C=O) groups excluding carboxylic acids is 1. The summed E-state index contributed by atoms with van der Waals surface area (Å²) in [6.45, 7) is 4.88. The summed E-state index contributed by atoms with van der Waals surface area (Å²) in [5.74, 6) is 0.359. The number of para-hydroxylation sites is 1. The van der Waals surface area contributed by atoms with Crippen LogP contribution >= 0.6 is 11.3 Å². The smallest absolute Gasteiger partial charge is 0.237 e. The van der Waals surface area contributed by atoms with Crippen molar-refractivity contribution in [2.45, 2.75) is 44.6 Å². The molecule has 0 radical (unpaired) electrons. The lowest BCUT2D eigenvalue weighted by molar-refractivity contribution is -0.127. The molecule has 1 fully saturated rings. The van der Waals surface area contributed by atoms with Crippen LogP contribution in [-0.4, -0.2) is 41.5 Å². The second-order valence-corrected chi connectivity index (χ2v) is 8.63. The molecule has 1 saturated heterocycles. The number of likely N-dealkylation sites (tertiary alicyclic amines) is 1. The molecule has 3 heterocycles. The Labute approximate surface area is 170 Å². The maximum atomic E-state index is 13.0. The van der Waals surface area contributed by atoms with Gasteiger partial charge < -0.3 is 10.3 Å². The summed E-state index contributed by atoms with van der Waals surface area (Å²) >= 11 is 1.76. The summed E-state index contributed by atoms with van der Waals surface area (Å²) in [6.07, 6.45) is 6.52. The van der Waals surface area contributed by atoms with Crippen molar-refractivity contribution in [3.8, 4) is 0 Å². The molecule has 1 amide bonds. The lowest BCUT2D eigenvalue weighted by Crippen LogP contribution is -2.50. The number of hydrogen-bond donors (Lipinski definition) is 2. The van der Waals surface area contributed by atoms with E-state index in [4.69, 9.17) is 0 Å². The van der Waals surface area contributed by atoms with Crippen molar-refractivity contribution in [1.29, 1.82) is 0 Å². The van der Waals surface area contributed by atoms with E-state index in [9.17, 15) is 4.79 Å². The van der Waals surface area contributed by atoms with E-state index in [1.54, 1.807) is 11.3 Å². The highest BCUT2D eigenvalue weighted by Gasteiger charge is 2.29. The van der Waals surface area contributed by atoms with Gasteiger partial charge in [-0.15, -0.1) is 11.3 Å². The third-order valence-corrected chi connectivity index (χ3v) is 6.78. The SMILES string of the molecule is CCCN1CCCCC1C(=O)NCC(c1cccs1)c1c[nH]c2ccccc12. The van der Waals surface area contributed by atoms with Gasteiger partial charge in [0.2, 0.25) is 5.91 Å². The standard InChI is InChI=1S/C23H29N3OS/c1-2-12-26-13-6-5-10-21(26)23(27)25-16-19(22-11-7-14-28-22)18-15-24-20-9-4-3-8-17(18)20/h3-4,7-9,11,14-15,19,21,24H,2,5-6,10,12-13,16H2,1H3,(H,25,27). The quantitative estimate of drug-likeness (QED) is 0.607. The Morgan fingerprint density at radius 1 is 1.29 bits per heavy atom. The number of nitrogens with one attached hydrogen (secondary N) is 2. The largest absolute Gasteiger partial charge is 0.361 e. The molecule has 2 N–H and O–H groups in total. The van der Waals surface area contributed by atoms with E-state index in [2.05, 4.69) is 70.1 Å². The van der Waals surface area contributed by atoms with Gasteiger partial charge in [0.05, 0.1) is 6.04 Å². The van der Waals surface area contributed by atoms with Crippen molar-refractivity contribution >= 4 is 28.1 Å². The predicted octanol–water partition coefficient (Wildman–Crippen LogP) is 4.74. The van der Waals surface area contributed by atoms with Crippen LogP contribution in [0.2, 0.25) is 0 Å². The second-order valence-electron chi connectivity index (χ2n) is 7.65. The minimum Gasteiger partial charge on any atom is -0.361 e. The van der Waals surface area contributed by atoms with Gasteiger partial charge in [0.25, 0.3) is 0 Å². The first kappa shape index (κ1) is 19.2. The maximum Gasteiger partial charge on any atom is 0.237 e. The Kier molecular flexibility index (Phi) is 6.13. The van der Waals surface area contributed by atoms with Crippen LogP contribution in [0.3, 0.4) is 0 Å². The zero-order chi connectivity index (χ0) is 19.3. The molecule has 0 aliphatic carbocycles. The number of rotatable bonds is 7. The topological polar surface area (TPSA) is 48.1 Å². The molecule has 28 heavy (non-hydrogen) atoms. The molecule has 1 aliphatic heterocycles. The van der Waals surface area contributed by atoms with Gasteiger partial charge in [0.15, 0.2) is 0 Å². The highest BCUT2D eigenvalue weighted by Crippen LogP contribution is 2.33. The van der Waals surface area contributed by atoms with E-state index in [1.807, 2.05) is 0 Å². The molecule has 1 aliphatic rings. The van der Waals surface area contributed by atoms with Crippen molar-refractivity contribution in [3.05, 3.63) is 58.4 Å². The van der Waals surface area contributed by atoms with Crippen molar-refractivity contribution in [2.24, 2.45) is 0 Å². The number of hydrogen-bond acceptors (Lipinski definition) is 3. The van der Waals surface area contributed by atoms with E-state index in [0.717, 1.165) is 37.9 Å². The number of amides is 1. The average Bonchev–Trinajstić information content (AvgIpc) is 3.40. The van der Waals surface area contributed by atoms with Gasteiger partial charge >= 0.3 is 0 Å². The van der Waals surface area contributed by atoms with Crippen LogP contribution in [0.4, 0.5) is 0 Å². The van der Waals surface area contributed by atoms with Gasteiger partial charge in [-0.25, -0.2) is 0 Å². The first-order chi connectivity index (χ1) is 13.8. The van der Waals surface area contributed by atoms with E-state index >= 15 is 0 Å². The molecule has 5 heteroatoms. The van der Waals surface area contributed by atoms with Gasteiger partial charge in [-0.1, -0.05) is 37.6 Å². The van der Waals surface area contributed by atoms with Crippen LogP contribution in [0.25, 0.3) is 10.9 Å². The minimum absolute atomic E-state index is 0.0284. The lowest BCUT2D eigenvalue weighted by Gasteiger charge is -2.34. The Morgan fingerprint density at radius 2 is 2.18 bits per heavy atom. The lowest BCUT2D eigenvalue weighted by atomic mass is 9.96. The summed E-state index contributed by atoms with van der Waals surface area (Å²) in [5, 5.41) is 6.65. The Bertz CT molecular complexity index is 900. The number of piperidine rings is 1. The first-order valence-corrected chi connectivity index (χ1v) is 11.3. The number of aromatic nitrogens is 1. The van der Waals surface area contributed by atoms with Crippen molar-refractivity contribution in [2.75, 3.05) is 19.6 Å². The van der Waals surface area contributed by atoms with Gasteiger partial charge in [0.1, 0.15) is 0 Å². The third-order valence-electron chi connectivity index (χ3n) is 5.79. The number of carbonyl (C=O) groups is 1. The van der Waals surface area contributed by atoms with E-state index in [0.29, 0.717) is 6.54 Å². The summed E-state index contributed by atoms with van der Waals surface area (Å²) in [5.41, 5.74) is 2.40. The Hall–Kier alpha value is -2.11. The molecule has 1 aromatic carbocycles. The number of fused-ring (bicyclic) bond motifs is 1. The first-order valence-electron chi connectivity index (χ1n) is 10.4. The summed E-state index contributed by atoms with van der Waals surface area (Å²) in [7, 11) is 0. The van der Waals surface area contributed by atoms with Gasteiger partial charge in [-0.2, -0.15) is 0 Å². The highest BCUT2D eigenvalue weighted by atomic mass is 32.1. The van der Waals surface area contributed by atoms with E-state index in [-0.39, 0.29) is 17.9 Å². The molecule has 2 atom stereocenters. The molecule has 4 rings (SSSR count). The highest BCUT2D eigenvalue weighted by molar-refractivity contribution is 7.10. The van der Waals surface area contributed by atoms with Gasteiger partial charge in [-0.05, 0) is 55.4 Å². The molecule has 4 nitrogen and oxygen atoms in total. The monoisotopic (exact) mass is 395 g/mol. The maximum absolute atomic E-state index is 13.0.